The SMILES string of the molecule is Cc1ccc(-c2nc(CN=C(NCC(=O)N(C)C)NC3CCCCC3)co2)cc1.I. The quantitative estimate of drug-likeness (QED) is 0.341. The smallest absolute Gasteiger partial charge is 0.241 e. The van der Waals surface area contributed by atoms with Crippen LogP contribution < -0.4 is 10.6 Å². The molecular formula is C22H32IN5O2. The summed E-state index contributed by atoms with van der Waals surface area (Å²) in [5.41, 5.74) is 2.90. The molecule has 8 heteroatoms. The molecule has 0 radical (unpaired) electrons. The van der Waals surface area contributed by atoms with Crippen LogP contribution in [0.2, 0.25) is 0 Å². The lowest BCUT2D eigenvalue weighted by Crippen LogP contribution is -2.47. The number of halogens is 1. The monoisotopic (exact) mass is 525 g/mol. The van der Waals surface area contributed by atoms with Crippen molar-refractivity contribution < 1.29 is 9.21 Å². The first-order valence-electron chi connectivity index (χ1n) is 10.3. The average Bonchev–Trinajstić information content (AvgIpc) is 3.20. The Kier molecular flexibility index (Phi) is 9.61. The number of oxazole rings is 1. The van der Waals surface area contributed by atoms with Gasteiger partial charge >= 0.3 is 0 Å². The lowest BCUT2D eigenvalue weighted by Gasteiger charge is -2.25. The number of hydrogen-bond acceptors (Lipinski definition) is 4. The minimum atomic E-state index is 0. The number of carbonyl (C=O) groups is 1. The van der Waals surface area contributed by atoms with Gasteiger partial charge in [-0.05, 0) is 31.9 Å². The number of aryl methyl sites for hydroxylation is 1. The third-order valence-electron chi connectivity index (χ3n) is 5.10. The molecule has 0 bridgehead atoms. The summed E-state index contributed by atoms with van der Waals surface area (Å²) < 4.78 is 5.62. The van der Waals surface area contributed by atoms with E-state index in [0.717, 1.165) is 24.1 Å². The molecule has 1 aromatic heterocycles. The molecule has 0 atom stereocenters. The minimum Gasteiger partial charge on any atom is -0.444 e. The molecular weight excluding hydrogens is 493 g/mol. The summed E-state index contributed by atoms with van der Waals surface area (Å²) in [6.45, 7) is 2.64. The van der Waals surface area contributed by atoms with E-state index in [1.807, 2.05) is 31.2 Å². The maximum atomic E-state index is 12.0. The lowest BCUT2D eigenvalue weighted by molar-refractivity contribution is -0.127. The fourth-order valence-corrected chi connectivity index (χ4v) is 3.28. The third-order valence-corrected chi connectivity index (χ3v) is 5.10. The first kappa shape index (κ1) is 24.2. The standard InChI is InChI=1S/C22H31N5O2.HI/c1-16-9-11-17(12-10-16)21-25-19(15-29-21)13-23-22(24-14-20(28)27(2)3)26-18-7-5-4-6-8-18;/h9-12,15,18H,4-8,13-14H2,1-3H3,(H2,23,24,26);1H. The first-order chi connectivity index (χ1) is 14.0. The molecule has 1 amide bonds. The molecule has 0 aliphatic heterocycles. The molecule has 1 fully saturated rings. The van der Waals surface area contributed by atoms with Gasteiger partial charge in [0.25, 0.3) is 0 Å². The van der Waals surface area contributed by atoms with Crippen LogP contribution in [0.4, 0.5) is 0 Å². The predicted octanol–water partition coefficient (Wildman–Crippen LogP) is 3.72. The molecule has 30 heavy (non-hydrogen) atoms. The Balaban J connectivity index is 0.00000320. The summed E-state index contributed by atoms with van der Waals surface area (Å²) in [6.07, 6.45) is 7.64. The summed E-state index contributed by atoms with van der Waals surface area (Å²) in [4.78, 5) is 22.7. The van der Waals surface area contributed by atoms with Crippen LogP contribution in [0.15, 0.2) is 39.9 Å². The summed E-state index contributed by atoms with van der Waals surface area (Å²) in [6, 6.07) is 8.46. The van der Waals surface area contributed by atoms with E-state index in [1.54, 1.807) is 25.3 Å². The van der Waals surface area contributed by atoms with Crippen molar-refractivity contribution in [1.82, 2.24) is 20.5 Å². The number of carbonyl (C=O) groups excluding carboxylic acids is 1. The van der Waals surface area contributed by atoms with Gasteiger partial charge in [0.1, 0.15) is 12.0 Å². The van der Waals surface area contributed by atoms with Gasteiger partial charge in [-0.3, -0.25) is 4.79 Å². The number of aliphatic imine (C=N–C) groups is 1. The van der Waals surface area contributed by atoms with E-state index in [1.165, 1.54) is 24.8 Å². The number of amides is 1. The molecule has 3 rings (SSSR count). The number of benzene rings is 1. The average molecular weight is 525 g/mol. The lowest BCUT2D eigenvalue weighted by atomic mass is 9.96. The normalized spacial score (nSPS) is 14.7. The summed E-state index contributed by atoms with van der Waals surface area (Å²) in [5, 5.41) is 6.63. The Bertz CT molecular complexity index is 826. The molecule has 2 aromatic rings. The van der Waals surface area contributed by atoms with Gasteiger partial charge < -0.3 is 20.0 Å². The van der Waals surface area contributed by atoms with Crippen LogP contribution in [-0.4, -0.2) is 48.4 Å². The molecule has 0 spiro atoms. The van der Waals surface area contributed by atoms with Crippen LogP contribution in [0.5, 0.6) is 0 Å². The number of nitrogens with one attached hydrogen (secondary N) is 2. The van der Waals surface area contributed by atoms with Crippen LogP contribution in [0.3, 0.4) is 0 Å². The van der Waals surface area contributed by atoms with Crippen LogP contribution >= 0.6 is 24.0 Å². The third kappa shape index (κ3) is 7.30. The number of hydrogen-bond donors (Lipinski definition) is 2. The van der Waals surface area contributed by atoms with E-state index in [2.05, 4.69) is 20.6 Å². The Labute approximate surface area is 195 Å². The topological polar surface area (TPSA) is 82.8 Å². The van der Waals surface area contributed by atoms with E-state index in [0.29, 0.717) is 24.4 Å². The van der Waals surface area contributed by atoms with Crippen molar-refractivity contribution in [2.45, 2.75) is 51.6 Å². The molecule has 1 heterocycles. The van der Waals surface area contributed by atoms with Gasteiger partial charge in [-0.2, -0.15) is 0 Å². The Morgan fingerprint density at radius 2 is 1.90 bits per heavy atom. The number of rotatable bonds is 6. The zero-order chi connectivity index (χ0) is 20.6. The highest BCUT2D eigenvalue weighted by Crippen LogP contribution is 2.20. The maximum Gasteiger partial charge on any atom is 0.241 e. The highest BCUT2D eigenvalue weighted by molar-refractivity contribution is 14.0. The van der Waals surface area contributed by atoms with Crippen molar-refractivity contribution in [3.63, 3.8) is 0 Å². The van der Waals surface area contributed by atoms with Crippen molar-refractivity contribution in [1.29, 1.82) is 0 Å². The van der Waals surface area contributed by atoms with Gasteiger partial charge in [0.2, 0.25) is 11.8 Å². The highest BCUT2D eigenvalue weighted by Gasteiger charge is 2.16. The van der Waals surface area contributed by atoms with Gasteiger partial charge in [0, 0.05) is 25.7 Å². The van der Waals surface area contributed by atoms with Gasteiger partial charge in [-0.1, -0.05) is 37.0 Å². The van der Waals surface area contributed by atoms with E-state index >= 15 is 0 Å². The maximum absolute atomic E-state index is 12.0. The molecule has 1 aliphatic rings. The number of nitrogens with zero attached hydrogens (tertiary/aromatic N) is 3. The fourth-order valence-electron chi connectivity index (χ4n) is 3.28. The van der Waals surface area contributed by atoms with Crippen LogP contribution in [0.1, 0.15) is 43.4 Å². The van der Waals surface area contributed by atoms with Crippen LogP contribution in [-0.2, 0) is 11.3 Å². The molecule has 7 nitrogen and oxygen atoms in total. The highest BCUT2D eigenvalue weighted by atomic mass is 127. The van der Waals surface area contributed by atoms with Crippen molar-refractivity contribution >= 4 is 35.8 Å². The number of guanidine groups is 1. The van der Waals surface area contributed by atoms with Crippen molar-refractivity contribution in [3.05, 3.63) is 41.8 Å². The van der Waals surface area contributed by atoms with E-state index in [9.17, 15) is 4.79 Å². The molecule has 1 aromatic carbocycles. The van der Waals surface area contributed by atoms with E-state index in [4.69, 9.17) is 4.42 Å². The van der Waals surface area contributed by atoms with Gasteiger partial charge in [-0.25, -0.2) is 9.98 Å². The van der Waals surface area contributed by atoms with Crippen molar-refractivity contribution in [2.24, 2.45) is 4.99 Å². The number of likely N-dealkylation sites (N-methyl/N-ethyl adjacent to an activating group) is 1. The zero-order valence-corrected chi connectivity index (χ0v) is 20.3. The molecule has 164 valence electrons. The van der Waals surface area contributed by atoms with Gasteiger partial charge in [0.05, 0.1) is 13.1 Å². The van der Waals surface area contributed by atoms with Gasteiger partial charge in [-0.15, -0.1) is 24.0 Å². The molecule has 1 saturated carbocycles. The second kappa shape index (κ2) is 11.9. The molecule has 1 aliphatic carbocycles. The molecule has 2 N–H and O–H groups in total. The van der Waals surface area contributed by atoms with Crippen LogP contribution in [0, 0.1) is 6.92 Å². The largest absolute Gasteiger partial charge is 0.444 e. The summed E-state index contributed by atoms with van der Waals surface area (Å²) >= 11 is 0. The Hall–Kier alpha value is -2.10. The molecule has 0 saturated heterocycles. The zero-order valence-electron chi connectivity index (χ0n) is 18.0. The van der Waals surface area contributed by atoms with E-state index < -0.39 is 0 Å². The van der Waals surface area contributed by atoms with Crippen molar-refractivity contribution in [2.75, 3.05) is 20.6 Å². The van der Waals surface area contributed by atoms with Gasteiger partial charge in [0.15, 0.2) is 5.96 Å². The van der Waals surface area contributed by atoms with Crippen molar-refractivity contribution in [3.8, 4) is 11.5 Å². The van der Waals surface area contributed by atoms with E-state index in [-0.39, 0.29) is 36.4 Å². The Morgan fingerprint density at radius 3 is 2.57 bits per heavy atom. The Morgan fingerprint density at radius 1 is 1.20 bits per heavy atom. The summed E-state index contributed by atoms with van der Waals surface area (Å²) in [5.74, 6) is 1.24. The second-order valence-corrected chi connectivity index (χ2v) is 7.80. The minimum absolute atomic E-state index is 0. The fraction of sp³-hybridized carbons (Fsp3) is 0.500. The van der Waals surface area contributed by atoms with Crippen LogP contribution in [0.25, 0.3) is 11.5 Å². The summed E-state index contributed by atoms with van der Waals surface area (Å²) in [7, 11) is 3.49. The number of aromatic nitrogens is 1. The predicted molar refractivity (Wildman–Crippen MR) is 130 cm³/mol. The first-order valence-corrected chi connectivity index (χ1v) is 10.3. The molecule has 0 unspecified atom stereocenters. The second-order valence-electron chi connectivity index (χ2n) is 7.80.